The summed E-state index contributed by atoms with van der Waals surface area (Å²) in [6, 6.07) is 13.8. The lowest BCUT2D eigenvalue weighted by Gasteiger charge is -2.39. The van der Waals surface area contributed by atoms with Crippen LogP contribution in [-0.4, -0.2) is 45.2 Å². The van der Waals surface area contributed by atoms with Crippen LogP contribution in [0.25, 0.3) is 10.9 Å². The maximum atomic E-state index is 13.5. The molecule has 1 saturated heterocycles. The summed E-state index contributed by atoms with van der Waals surface area (Å²) in [4.78, 5) is 45.5. The minimum absolute atomic E-state index is 0.0328. The molecule has 7 nitrogen and oxygen atoms in total. The van der Waals surface area contributed by atoms with Gasteiger partial charge in [0.2, 0.25) is 5.91 Å². The van der Waals surface area contributed by atoms with Crippen LogP contribution in [0.4, 0.5) is 4.79 Å². The second-order valence-electron chi connectivity index (χ2n) is 9.15. The van der Waals surface area contributed by atoms with E-state index in [0.717, 1.165) is 28.8 Å². The molecule has 1 aliphatic heterocycles. The van der Waals surface area contributed by atoms with Crippen LogP contribution in [0, 0.1) is 5.92 Å². The highest BCUT2D eigenvalue weighted by Gasteiger charge is 2.42. The van der Waals surface area contributed by atoms with Crippen LogP contribution in [0.1, 0.15) is 43.4 Å². The third kappa shape index (κ3) is 4.05. The van der Waals surface area contributed by atoms with Gasteiger partial charge >= 0.3 is 6.03 Å². The number of rotatable bonds is 7. The molecule has 176 valence electrons. The number of benzene rings is 2. The number of hydrogen-bond donors (Lipinski definition) is 2. The van der Waals surface area contributed by atoms with E-state index in [1.807, 2.05) is 47.4 Å². The molecule has 2 unspecified atom stereocenters. The van der Waals surface area contributed by atoms with Crippen molar-refractivity contribution in [2.24, 2.45) is 5.92 Å². The fraction of sp³-hybridized carbons (Fsp3) is 0.346. The highest BCUT2D eigenvalue weighted by Crippen LogP contribution is 2.34. The number of halogens is 1. The average Bonchev–Trinajstić information content (AvgIpc) is 3.34. The molecule has 3 aromatic rings. The number of imide groups is 1. The Kier molecular flexibility index (Phi) is 6.04. The fourth-order valence-corrected chi connectivity index (χ4v) is 5.20. The van der Waals surface area contributed by atoms with Crippen molar-refractivity contribution < 1.29 is 14.4 Å². The number of fused-ring (bicyclic) bond motifs is 1. The number of aromatic nitrogens is 1. The number of nitrogens with one attached hydrogen (secondary N) is 2. The first-order valence-electron chi connectivity index (χ1n) is 11.6. The topological polar surface area (TPSA) is 85.5 Å². The van der Waals surface area contributed by atoms with Gasteiger partial charge in [0.15, 0.2) is 0 Å². The summed E-state index contributed by atoms with van der Waals surface area (Å²) in [5, 5.41) is 3.92. The molecule has 5 rings (SSSR count). The Morgan fingerprint density at radius 2 is 1.91 bits per heavy atom. The molecule has 2 heterocycles. The van der Waals surface area contributed by atoms with Gasteiger partial charge < -0.3 is 15.2 Å². The molecule has 1 aliphatic carbocycles. The Bertz CT molecular complexity index is 1240. The maximum Gasteiger partial charge on any atom is 0.325 e. The lowest BCUT2D eigenvalue weighted by atomic mass is 9.79. The van der Waals surface area contributed by atoms with E-state index in [2.05, 4.69) is 17.2 Å². The van der Waals surface area contributed by atoms with Gasteiger partial charge in [0.05, 0.1) is 5.02 Å². The molecule has 8 heteroatoms. The molecule has 2 fully saturated rings. The first-order chi connectivity index (χ1) is 16.4. The minimum atomic E-state index is -0.888. The van der Waals surface area contributed by atoms with Crippen LogP contribution < -0.4 is 5.32 Å². The van der Waals surface area contributed by atoms with Crippen molar-refractivity contribution in [3.05, 3.63) is 70.9 Å². The van der Waals surface area contributed by atoms with Crippen LogP contribution in [0.5, 0.6) is 0 Å². The van der Waals surface area contributed by atoms with Crippen molar-refractivity contribution >= 4 is 40.3 Å². The summed E-state index contributed by atoms with van der Waals surface area (Å²) >= 11 is 6.37. The first kappa shape index (κ1) is 22.5. The standard InChI is InChI=1S/C26H27ClN4O3/c1-16(18-9-5-10-18)30(14-17-7-3-2-4-8-17)22(32)15-31-25(33)24(29-26(31)34)19-13-28-21-12-6-11-20(27)23(19)21/h2-4,6-8,11-13,16,18,24,28H,5,9-10,14-15H2,1H3,(H,29,34). The predicted molar refractivity (Wildman–Crippen MR) is 130 cm³/mol. The Balaban J connectivity index is 1.36. The molecule has 2 aliphatic rings. The van der Waals surface area contributed by atoms with Crippen molar-refractivity contribution in [1.82, 2.24) is 20.1 Å². The highest BCUT2D eigenvalue weighted by atomic mass is 35.5. The number of carbonyl (C=O) groups is 3. The van der Waals surface area contributed by atoms with Gasteiger partial charge in [0.25, 0.3) is 5.91 Å². The van der Waals surface area contributed by atoms with Crippen LogP contribution in [0.15, 0.2) is 54.7 Å². The molecule has 2 aromatic carbocycles. The smallest absolute Gasteiger partial charge is 0.325 e. The van der Waals surface area contributed by atoms with Crippen molar-refractivity contribution in [3.63, 3.8) is 0 Å². The van der Waals surface area contributed by atoms with Gasteiger partial charge in [-0.15, -0.1) is 0 Å². The highest BCUT2D eigenvalue weighted by molar-refractivity contribution is 6.36. The van der Waals surface area contributed by atoms with Crippen LogP contribution in [-0.2, 0) is 16.1 Å². The Labute approximate surface area is 203 Å². The zero-order chi connectivity index (χ0) is 23.8. The van der Waals surface area contributed by atoms with E-state index in [1.54, 1.807) is 12.3 Å². The molecule has 34 heavy (non-hydrogen) atoms. The minimum Gasteiger partial charge on any atom is -0.361 e. The van der Waals surface area contributed by atoms with Crippen LogP contribution >= 0.6 is 11.6 Å². The number of hydrogen-bond acceptors (Lipinski definition) is 3. The SMILES string of the molecule is CC(C1CCC1)N(Cc1ccccc1)C(=O)CN1C(=O)NC(c2c[nH]c3cccc(Cl)c23)C1=O. The van der Waals surface area contributed by atoms with Crippen LogP contribution in [0.2, 0.25) is 5.02 Å². The third-order valence-electron chi connectivity index (χ3n) is 7.16. The summed E-state index contributed by atoms with van der Waals surface area (Å²) in [6.45, 7) is 2.22. The normalized spacial score (nSPS) is 19.2. The third-order valence-corrected chi connectivity index (χ3v) is 7.47. The summed E-state index contributed by atoms with van der Waals surface area (Å²) in [5.74, 6) is -0.239. The number of H-pyrrole nitrogens is 1. The van der Waals surface area contributed by atoms with Gasteiger partial charge in [-0.25, -0.2) is 4.79 Å². The van der Waals surface area contributed by atoms with Gasteiger partial charge in [-0.2, -0.15) is 0 Å². The number of aromatic amines is 1. The number of nitrogens with zero attached hydrogens (tertiary/aromatic N) is 2. The summed E-state index contributed by atoms with van der Waals surface area (Å²) in [5.41, 5.74) is 2.39. The zero-order valence-corrected chi connectivity index (χ0v) is 19.7. The number of carbonyl (C=O) groups excluding carboxylic acids is 3. The molecule has 2 N–H and O–H groups in total. The fourth-order valence-electron chi connectivity index (χ4n) is 4.91. The van der Waals surface area contributed by atoms with E-state index in [0.29, 0.717) is 28.4 Å². The maximum absolute atomic E-state index is 13.5. The first-order valence-corrected chi connectivity index (χ1v) is 12.0. The van der Waals surface area contributed by atoms with Gasteiger partial charge in [-0.05, 0) is 43.4 Å². The van der Waals surface area contributed by atoms with Gasteiger partial charge in [-0.1, -0.05) is 54.4 Å². The van der Waals surface area contributed by atoms with E-state index in [9.17, 15) is 14.4 Å². The molecule has 0 radical (unpaired) electrons. The second-order valence-corrected chi connectivity index (χ2v) is 9.56. The molecular formula is C26H27ClN4O3. The summed E-state index contributed by atoms with van der Waals surface area (Å²) in [6.07, 6.45) is 5.04. The van der Waals surface area contributed by atoms with Crippen molar-refractivity contribution in [1.29, 1.82) is 0 Å². The molecule has 0 bridgehead atoms. The summed E-state index contributed by atoms with van der Waals surface area (Å²) < 4.78 is 0. The van der Waals surface area contributed by atoms with E-state index >= 15 is 0 Å². The molecule has 0 spiro atoms. The van der Waals surface area contributed by atoms with E-state index in [4.69, 9.17) is 11.6 Å². The summed E-state index contributed by atoms with van der Waals surface area (Å²) in [7, 11) is 0. The van der Waals surface area contributed by atoms with Crippen molar-refractivity contribution in [3.8, 4) is 0 Å². The monoisotopic (exact) mass is 478 g/mol. The molecular weight excluding hydrogens is 452 g/mol. The van der Waals surface area contributed by atoms with E-state index in [1.165, 1.54) is 6.42 Å². The van der Waals surface area contributed by atoms with E-state index in [-0.39, 0.29) is 18.5 Å². The number of amides is 4. The van der Waals surface area contributed by atoms with Gasteiger partial charge in [0, 0.05) is 35.2 Å². The average molecular weight is 479 g/mol. The van der Waals surface area contributed by atoms with Crippen LogP contribution in [0.3, 0.4) is 0 Å². The molecule has 1 aromatic heterocycles. The quantitative estimate of drug-likeness (QED) is 0.485. The van der Waals surface area contributed by atoms with Crippen molar-refractivity contribution in [2.75, 3.05) is 6.54 Å². The molecule has 2 atom stereocenters. The molecule has 4 amide bonds. The lowest BCUT2D eigenvalue weighted by Crippen LogP contribution is -2.49. The largest absolute Gasteiger partial charge is 0.361 e. The number of urea groups is 1. The Morgan fingerprint density at radius 1 is 1.15 bits per heavy atom. The molecule has 1 saturated carbocycles. The Hall–Kier alpha value is -3.32. The van der Waals surface area contributed by atoms with E-state index < -0.39 is 18.0 Å². The second kappa shape index (κ2) is 9.14. The van der Waals surface area contributed by atoms with Gasteiger partial charge in [0.1, 0.15) is 12.6 Å². The zero-order valence-electron chi connectivity index (χ0n) is 19.0. The lowest BCUT2D eigenvalue weighted by molar-refractivity contribution is -0.140. The van der Waals surface area contributed by atoms with Crippen molar-refractivity contribution in [2.45, 2.75) is 44.8 Å². The van der Waals surface area contributed by atoms with Gasteiger partial charge in [-0.3, -0.25) is 14.5 Å². The Morgan fingerprint density at radius 3 is 2.62 bits per heavy atom. The predicted octanol–water partition coefficient (Wildman–Crippen LogP) is 4.63.